The number of carboxylic acid groups (broad SMARTS) is 1. The van der Waals surface area contributed by atoms with Crippen molar-refractivity contribution in [2.75, 3.05) is 0 Å². The fraction of sp³-hybridized carbons (Fsp3) is 0. The summed E-state index contributed by atoms with van der Waals surface area (Å²) >= 11 is 0. The average molecular weight is 223 g/mol. The molecule has 16 heavy (non-hydrogen) atoms. The van der Waals surface area contributed by atoms with Crippen LogP contribution in [0.1, 0.15) is 10.5 Å². The maximum absolute atomic E-state index is 10.6. The van der Waals surface area contributed by atoms with Gasteiger partial charge in [-0.1, -0.05) is 0 Å². The van der Waals surface area contributed by atoms with Crippen molar-refractivity contribution in [3.8, 4) is 0 Å². The highest BCUT2D eigenvalue weighted by Gasteiger charge is 2.11. The van der Waals surface area contributed by atoms with E-state index >= 15 is 0 Å². The summed E-state index contributed by atoms with van der Waals surface area (Å²) in [5, 5.41) is 19.7. The van der Waals surface area contributed by atoms with Crippen molar-refractivity contribution in [2.45, 2.75) is 0 Å². The highest BCUT2D eigenvalue weighted by molar-refractivity contribution is 5.94. The second-order valence-electron chi connectivity index (χ2n) is 3.02. The first-order valence-electron chi connectivity index (χ1n) is 4.08. The van der Waals surface area contributed by atoms with Crippen LogP contribution >= 0.6 is 0 Å². The highest BCUT2D eigenvalue weighted by Crippen LogP contribution is 2.21. The molecule has 7 heteroatoms. The predicted molar refractivity (Wildman–Crippen MR) is 56.9 cm³/mol. The average Bonchev–Trinajstić information content (AvgIpc) is 2.59. The smallest absolute Gasteiger partial charge is 0.352 e. The first-order valence-corrected chi connectivity index (χ1v) is 4.08. The molecule has 1 aromatic carbocycles. The number of nitro benzene ring substituents is 1. The van der Waals surface area contributed by atoms with Crippen LogP contribution in [0.4, 0.5) is 5.69 Å². The third-order valence-corrected chi connectivity index (χ3v) is 2.05. The number of non-ortho nitro benzene ring substituents is 1. The lowest BCUT2D eigenvalue weighted by atomic mass is 10.2. The van der Waals surface area contributed by atoms with Crippen LogP contribution in [-0.2, 0) is 0 Å². The molecule has 0 fully saturated rings. The number of fused-ring (bicyclic) bond motifs is 1. The Balaban J connectivity index is 0.00000128. The molecule has 0 spiro atoms. The zero-order valence-corrected chi connectivity index (χ0v) is 8.14. The maximum Gasteiger partial charge on any atom is 0.352 e. The van der Waals surface area contributed by atoms with Gasteiger partial charge in [0.05, 0.1) is 4.92 Å². The summed E-state index contributed by atoms with van der Waals surface area (Å²) in [5.74, 6) is -1.09. The lowest BCUT2D eigenvalue weighted by Gasteiger charge is -1.90. The van der Waals surface area contributed by atoms with E-state index in [0.717, 1.165) is 0 Å². The Morgan fingerprint density at radius 3 is 2.62 bits per heavy atom. The molecular weight excluding hydrogens is 214 g/mol. The summed E-state index contributed by atoms with van der Waals surface area (Å²) in [6.45, 7) is 0. The number of carbonyl (C=O) groups is 1. The molecule has 0 radical (unpaired) electrons. The van der Waals surface area contributed by atoms with Gasteiger partial charge >= 0.3 is 5.97 Å². The van der Waals surface area contributed by atoms with Gasteiger partial charge in [0.2, 0.25) is 0 Å². The molecule has 1 aromatic heterocycles. The van der Waals surface area contributed by atoms with E-state index in [1.165, 1.54) is 24.3 Å². The quantitative estimate of drug-likeness (QED) is 0.528. The van der Waals surface area contributed by atoms with Gasteiger partial charge in [-0.2, -0.15) is 0 Å². The molecule has 0 bridgehead atoms. The minimum Gasteiger partial charge on any atom is -0.477 e. The van der Waals surface area contributed by atoms with E-state index in [0.29, 0.717) is 10.9 Å². The van der Waals surface area contributed by atoms with Crippen LogP contribution < -0.4 is 6.15 Å². The highest BCUT2D eigenvalue weighted by atomic mass is 16.6. The minimum absolute atomic E-state index is 0. The van der Waals surface area contributed by atoms with Crippen LogP contribution in [0.15, 0.2) is 24.3 Å². The zero-order chi connectivity index (χ0) is 11.0. The first kappa shape index (κ1) is 11.7. The van der Waals surface area contributed by atoms with Crippen LogP contribution in [0.3, 0.4) is 0 Å². The number of H-pyrrole nitrogens is 1. The summed E-state index contributed by atoms with van der Waals surface area (Å²) in [6, 6.07) is 5.51. The molecule has 0 saturated heterocycles. The van der Waals surface area contributed by atoms with Gasteiger partial charge in [0.25, 0.3) is 5.69 Å². The van der Waals surface area contributed by atoms with Gasteiger partial charge in [0.15, 0.2) is 0 Å². The number of hydrogen-bond acceptors (Lipinski definition) is 4. The number of rotatable bonds is 2. The van der Waals surface area contributed by atoms with E-state index in [2.05, 4.69) is 4.98 Å². The number of nitro groups is 1. The number of carboxylic acids is 1. The topological polar surface area (TPSA) is 131 Å². The third-order valence-electron chi connectivity index (χ3n) is 2.05. The molecule has 84 valence electrons. The number of hydrogen-bond donors (Lipinski definition) is 3. The lowest BCUT2D eigenvalue weighted by Crippen LogP contribution is -1.94. The second-order valence-corrected chi connectivity index (χ2v) is 3.02. The Morgan fingerprint density at radius 2 is 2.06 bits per heavy atom. The Kier molecular flexibility index (Phi) is 2.91. The van der Waals surface area contributed by atoms with E-state index in [4.69, 9.17) is 5.11 Å². The van der Waals surface area contributed by atoms with Gasteiger partial charge in [0.1, 0.15) is 5.69 Å². The van der Waals surface area contributed by atoms with Crippen molar-refractivity contribution >= 4 is 22.6 Å². The van der Waals surface area contributed by atoms with Gasteiger partial charge in [-0.3, -0.25) is 10.1 Å². The van der Waals surface area contributed by atoms with E-state index in [9.17, 15) is 14.9 Å². The number of aromatic amines is 1. The van der Waals surface area contributed by atoms with Crippen LogP contribution in [-0.4, -0.2) is 21.0 Å². The molecule has 7 nitrogen and oxygen atoms in total. The molecule has 0 atom stereocenters. The van der Waals surface area contributed by atoms with Gasteiger partial charge in [-0.15, -0.1) is 0 Å². The van der Waals surface area contributed by atoms with Crippen LogP contribution in [0, 0.1) is 10.1 Å². The summed E-state index contributed by atoms with van der Waals surface area (Å²) in [6.07, 6.45) is 0. The normalized spacial score (nSPS) is 9.75. The van der Waals surface area contributed by atoms with Gasteiger partial charge < -0.3 is 16.2 Å². The molecule has 0 aliphatic rings. The standard InChI is InChI=1S/C9H6N2O4.H3N/c12-9(13)8-4-5-3-6(11(14)15)1-2-7(5)10-8;/h1-4,10H,(H,12,13);1H3. The number of aromatic carboxylic acids is 1. The molecule has 0 aliphatic carbocycles. The van der Waals surface area contributed by atoms with E-state index < -0.39 is 10.9 Å². The van der Waals surface area contributed by atoms with Crippen molar-refractivity contribution < 1.29 is 14.8 Å². The van der Waals surface area contributed by atoms with Crippen LogP contribution in [0.2, 0.25) is 0 Å². The molecule has 2 aromatic rings. The molecule has 5 N–H and O–H groups in total. The Labute approximate surface area is 89.4 Å². The molecule has 0 aliphatic heterocycles. The van der Waals surface area contributed by atoms with Crippen molar-refractivity contribution in [3.05, 3.63) is 40.1 Å². The number of nitrogens with one attached hydrogen (secondary N) is 1. The minimum atomic E-state index is -1.09. The molecule has 0 unspecified atom stereocenters. The predicted octanol–water partition coefficient (Wildman–Crippen LogP) is 1.94. The van der Waals surface area contributed by atoms with E-state index in [1.54, 1.807) is 0 Å². The molecule has 0 saturated carbocycles. The zero-order valence-electron chi connectivity index (χ0n) is 8.14. The number of nitrogens with zero attached hydrogens (tertiary/aromatic N) is 1. The summed E-state index contributed by atoms with van der Waals surface area (Å²) in [7, 11) is 0. The Hall–Kier alpha value is -2.41. The fourth-order valence-electron chi connectivity index (χ4n) is 1.35. The molecule has 1 heterocycles. The molecule has 0 amide bonds. The second kappa shape index (κ2) is 3.99. The monoisotopic (exact) mass is 223 g/mol. The van der Waals surface area contributed by atoms with Gasteiger partial charge in [-0.25, -0.2) is 4.79 Å². The SMILES string of the molecule is N.O=C(O)c1cc2cc([N+](=O)[O-])ccc2[nH]1. The lowest BCUT2D eigenvalue weighted by molar-refractivity contribution is -0.384. The summed E-state index contributed by atoms with van der Waals surface area (Å²) < 4.78 is 0. The van der Waals surface area contributed by atoms with Crippen LogP contribution in [0.25, 0.3) is 10.9 Å². The van der Waals surface area contributed by atoms with Gasteiger partial charge in [0, 0.05) is 23.0 Å². The van der Waals surface area contributed by atoms with Crippen molar-refractivity contribution in [3.63, 3.8) is 0 Å². The first-order chi connectivity index (χ1) is 7.08. The molecule has 2 rings (SSSR count). The Bertz CT molecular complexity index is 549. The third kappa shape index (κ3) is 1.84. The van der Waals surface area contributed by atoms with Crippen molar-refractivity contribution in [1.82, 2.24) is 11.1 Å². The van der Waals surface area contributed by atoms with Crippen LogP contribution in [0.5, 0.6) is 0 Å². The molecular formula is C9H9N3O4. The van der Waals surface area contributed by atoms with Gasteiger partial charge in [-0.05, 0) is 12.1 Å². The fourth-order valence-corrected chi connectivity index (χ4v) is 1.35. The van der Waals surface area contributed by atoms with E-state index in [-0.39, 0.29) is 17.5 Å². The Morgan fingerprint density at radius 1 is 1.38 bits per heavy atom. The summed E-state index contributed by atoms with van der Waals surface area (Å²) in [4.78, 5) is 23.2. The number of benzene rings is 1. The maximum atomic E-state index is 10.6. The van der Waals surface area contributed by atoms with Crippen molar-refractivity contribution in [1.29, 1.82) is 0 Å². The van der Waals surface area contributed by atoms with Crippen molar-refractivity contribution in [2.24, 2.45) is 0 Å². The largest absolute Gasteiger partial charge is 0.477 e. The number of aromatic nitrogens is 1. The van der Waals surface area contributed by atoms with E-state index in [1.807, 2.05) is 0 Å². The summed E-state index contributed by atoms with van der Waals surface area (Å²) in [5.41, 5.74) is 0.530.